The molecule has 0 saturated heterocycles. The highest BCUT2D eigenvalue weighted by Gasteiger charge is 2.37. The molecule has 1 atom stereocenters. The highest BCUT2D eigenvalue weighted by molar-refractivity contribution is 7.95. The predicted octanol–water partition coefficient (Wildman–Crippen LogP) is 4.56. The van der Waals surface area contributed by atoms with Crippen LogP contribution in [-0.4, -0.2) is 24.7 Å². The van der Waals surface area contributed by atoms with Crippen LogP contribution >= 0.6 is 0 Å². The van der Waals surface area contributed by atoms with E-state index in [1.165, 1.54) is 4.90 Å². The number of halogens is 6. The minimum Gasteiger partial charge on any atom is -0.741 e. The van der Waals surface area contributed by atoms with Crippen LogP contribution in [0, 0.1) is 0 Å². The van der Waals surface area contributed by atoms with Crippen LogP contribution < -0.4 is 0 Å². The van der Waals surface area contributed by atoms with Crippen molar-refractivity contribution < 1.29 is 39.3 Å². The molecule has 0 heterocycles. The van der Waals surface area contributed by atoms with Gasteiger partial charge in [-0.25, -0.2) is 8.42 Å². The van der Waals surface area contributed by atoms with Crippen LogP contribution in [0.2, 0.25) is 0 Å². The van der Waals surface area contributed by atoms with Crippen molar-refractivity contribution in [3.05, 3.63) is 65.7 Å². The Bertz CT molecular complexity index is 816. The average Bonchev–Trinajstić information content (AvgIpc) is 2.54. The summed E-state index contributed by atoms with van der Waals surface area (Å²) in [7, 11) is -6.08. The molecule has 11 heteroatoms. The smallest absolute Gasteiger partial charge is 0.485 e. The fourth-order valence-corrected chi connectivity index (χ4v) is 3.26. The fraction of sp³-hybridized carbons (Fsp3) is 0.250. The molecule has 1 unspecified atom stereocenters. The van der Waals surface area contributed by atoms with E-state index in [1.807, 2.05) is 30.3 Å². The van der Waals surface area contributed by atoms with Gasteiger partial charge >= 0.3 is 11.7 Å². The molecule has 2 aromatic carbocycles. The minimum absolute atomic E-state index is 0.00660. The van der Waals surface area contributed by atoms with E-state index in [4.69, 9.17) is 13.0 Å². The third kappa shape index (κ3) is 7.81. The van der Waals surface area contributed by atoms with Gasteiger partial charge in [0.2, 0.25) is 0 Å². The lowest BCUT2D eigenvalue weighted by molar-refractivity contribution is -0.137. The lowest BCUT2D eigenvalue weighted by Gasteiger charge is -2.08. The molecule has 0 bridgehead atoms. The van der Waals surface area contributed by atoms with Crippen molar-refractivity contribution >= 4 is 21.0 Å². The summed E-state index contributed by atoms with van der Waals surface area (Å²) in [5.41, 5.74) is -5.30. The molecule has 0 N–H and O–H groups in total. The first-order valence-electron chi connectivity index (χ1n) is 7.07. The summed E-state index contributed by atoms with van der Waals surface area (Å²) in [5.74, 6) is 0.766. The third-order valence-corrected chi connectivity index (χ3v) is 5.50. The molecule has 0 aromatic heterocycles. The Labute approximate surface area is 155 Å². The van der Waals surface area contributed by atoms with Crippen molar-refractivity contribution in [1.82, 2.24) is 0 Å². The molecule has 150 valence electrons. The van der Waals surface area contributed by atoms with Gasteiger partial charge in [0.05, 0.1) is 5.56 Å². The average molecular weight is 432 g/mol. The normalized spacial score (nSPS) is 13.5. The van der Waals surface area contributed by atoms with E-state index >= 15 is 0 Å². The van der Waals surface area contributed by atoms with Crippen LogP contribution in [0.25, 0.3) is 0 Å². The van der Waals surface area contributed by atoms with Crippen molar-refractivity contribution in [2.24, 2.45) is 0 Å². The Morgan fingerprint density at radius 2 is 1.33 bits per heavy atom. The molecule has 0 fully saturated rings. The Hall–Kier alpha value is -1.72. The molecule has 0 amide bonds. The second-order valence-corrected chi connectivity index (χ2v) is 8.59. The van der Waals surface area contributed by atoms with Crippen molar-refractivity contribution in [2.45, 2.75) is 22.3 Å². The van der Waals surface area contributed by atoms with Gasteiger partial charge in [-0.05, 0) is 24.3 Å². The van der Waals surface area contributed by atoms with Gasteiger partial charge in [-0.2, -0.15) is 26.3 Å². The van der Waals surface area contributed by atoms with E-state index in [9.17, 15) is 26.3 Å². The van der Waals surface area contributed by atoms with Gasteiger partial charge in [-0.15, -0.1) is 0 Å². The monoisotopic (exact) mass is 432 g/mol. The van der Waals surface area contributed by atoms with Gasteiger partial charge in [-0.3, -0.25) is 0 Å². The first-order valence-corrected chi connectivity index (χ1v) is 10.3. The zero-order valence-corrected chi connectivity index (χ0v) is 15.3. The van der Waals surface area contributed by atoms with Gasteiger partial charge in [0, 0.05) is 16.5 Å². The molecule has 0 aliphatic rings. The molecule has 27 heavy (non-hydrogen) atoms. The van der Waals surface area contributed by atoms with Crippen LogP contribution in [0.4, 0.5) is 26.3 Å². The second kappa shape index (κ2) is 8.98. The summed E-state index contributed by atoms with van der Waals surface area (Å²) < 4.78 is 96.2. The summed E-state index contributed by atoms with van der Waals surface area (Å²) in [6.07, 6.45) is -2.15. The molecular weight excluding hydrogens is 418 g/mol. The second-order valence-electron chi connectivity index (χ2n) is 5.19. The fourth-order valence-electron chi connectivity index (χ4n) is 1.78. The highest BCUT2D eigenvalue weighted by atomic mass is 32.2. The Balaban J connectivity index is 0.000000387. The number of hydrogen-bond donors (Lipinski definition) is 0. The van der Waals surface area contributed by atoms with Crippen molar-refractivity contribution in [2.75, 3.05) is 6.26 Å². The largest absolute Gasteiger partial charge is 0.741 e. The van der Waals surface area contributed by atoms with E-state index in [0.717, 1.165) is 23.4 Å². The SMILES string of the molecule is C[S+](Cc1ccc(C(F)(F)F)cc1)c1ccccc1.O=S(=O)([O-])C(F)(F)F. The first-order chi connectivity index (χ1) is 12.2. The van der Waals surface area contributed by atoms with Gasteiger partial charge in [0.1, 0.15) is 12.0 Å². The van der Waals surface area contributed by atoms with E-state index in [0.29, 0.717) is 0 Å². The molecule has 0 radical (unpaired) electrons. The zero-order chi connectivity index (χ0) is 20.9. The Kier molecular flexibility index (Phi) is 7.76. The summed E-state index contributed by atoms with van der Waals surface area (Å²) in [6, 6.07) is 15.4. The number of hydrogen-bond acceptors (Lipinski definition) is 3. The minimum atomic E-state index is -6.09. The van der Waals surface area contributed by atoms with E-state index < -0.39 is 27.4 Å². The summed E-state index contributed by atoms with van der Waals surface area (Å²) in [6.45, 7) is 0. The van der Waals surface area contributed by atoms with Crippen LogP contribution in [0.15, 0.2) is 59.5 Å². The van der Waals surface area contributed by atoms with E-state index in [1.54, 1.807) is 12.1 Å². The van der Waals surface area contributed by atoms with Gasteiger partial charge in [-0.1, -0.05) is 30.3 Å². The van der Waals surface area contributed by atoms with Crippen LogP contribution in [0.1, 0.15) is 11.1 Å². The summed E-state index contributed by atoms with van der Waals surface area (Å²) in [5, 5.41) is 0. The van der Waals surface area contributed by atoms with E-state index in [2.05, 4.69) is 6.26 Å². The quantitative estimate of drug-likeness (QED) is 0.309. The maximum atomic E-state index is 12.4. The molecule has 0 saturated carbocycles. The van der Waals surface area contributed by atoms with Crippen molar-refractivity contribution in [3.8, 4) is 0 Å². The van der Waals surface area contributed by atoms with Crippen molar-refractivity contribution in [1.29, 1.82) is 0 Å². The van der Waals surface area contributed by atoms with Gasteiger partial charge < -0.3 is 4.55 Å². The van der Waals surface area contributed by atoms with Crippen molar-refractivity contribution in [3.63, 3.8) is 0 Å². The van der Waals surface area contributed by atoms with Gasteiger partial charge in [0.25, 0.3) is 0 Å². The van der Waals surface area contributed by atoms with Crippen LogP contribution in [0.3, 0.4) is 0 Å². The summed E-state index contributed by atoms with van der Waals surface area (Å²) >= 11 is 0. The maximum Gasteiger partial charge on any atom is 0.485 e. The molecule has 0 aliphatic heterocycles. The van der Waals surface area contributed by atoms with Crippen LogP contribution in [-0.2, 0) is 32.9 Å². The molecule has 3 nitrogen and oxygen atoms in total. The molecule has 2 aromatic rings. The van der Waals surface area contributed by atoms with Crippen LogP contribution in [0.5, 0.6) is 0 Å². The topological polar surface area (TPSA) is 57.2 Å². The predicted molar refractivity (Wildman–Crippen MR) is 88.9 cm³/mol. The first kappa shape index (κ1) is 23.3. The van der Waals surface area contributed by atoms with E-state index in [-0.39, 0.29) is 10.9 Å². The number of rotatable bonds is 3. The molecule has 2 rings (SSSR count). The summed E-state index contributed by atoms with van der Waals surface area (Å²) in [4.78, 5) is 1.22. The molecule has 0 aliphatic carbocycles. The maximum absolute atomic E-state index is 12.4. The number of alkyl halides is 6. The third-order valence-electron chi connectivity index (χ3n) is 3.09. The number of benzene rings is 2. The molecule has 0 spiro atoms. The Morgan fingerprint density at radius 1 is 0.889 bits per heavy atom. The van der Waals surface area contributed by atoms with Gasteiger partial charge in [0.15, 0.2) is 15.0 Å². The Morgan fingerprint density at radius 3 is 1.70 bits per heavy atom. The molecular formula is C16H14F6O3S2. The highest BCUT2D eigenvalue weighted by Crippen LogP contribution is 2.29. The lowest BCUT2D eigenvalue weighted by Crippen LogP contribution is -2.21. The lowest BCUT2D eigenvalue weighted by atomic mass is 10.1. The standard InChI is InChI=1S/C15H14F3S.CHF3O3S/c1-19(14-5-3-2-4-6-14)11-12-7-9-13(10-8-12)15(16,17)18;2-1(3,4)8(5,6)7/h2-10H,11H2,1H3;(H,5,6,7)/q+1;/p-1. The zero-order valence-electron chi connectivity index (χ0n) is 13.7.